The molecule has 2 aliphatic heterocycles. The number of hydrogen-bond acceptors (Lipinski definition) is 8. The van der Waals surface area contributed by atoms with Crippen molar-refractivity contribution >= 4 is 5.91 Å². The van der Waals surface area contributed by atoms with Crippen molar-refractivity contribution in [3.8, 4) is 22.9 Å². The summed E-state index contributed by atoms with van der Waals surface area (Å²) >= 11 is 0. The number of tetrazole rings is 1. The summed E-state index contributed by atoms with van der Waals surface area (Å²) in [5.41, 5.74) is 3.17. The summed E-state index contributed by atoms with van der Waals surface area (Å²) < 4.78 is 18.8. The number of methoxy groups -OCH3 is 1. The molecule has 5 rings (SSSR count). The molecule has 0 N–H and O–H groups in total. The van der Waals surface area contributed by atoms with Gasteiger partial charge in [0.25, 0.3) is 5.91 Å². The fourth-order valence-electron chi connectivity index (χ4n) is 4.38. The number of fused-ring (bicyclic) bond motifs is 2. The maximum atomic E-state index is 12.8. The van der Waals surface area contributed by atoms with Gasteiger partial charge in [0.1, 0.15) is 6.04 Å². The molecule has 1 amide bonds. The van der Waals surface area contributed by atoms with Crippen molar-refractivity contribution in [1.82, 2.24) is 30.0 Å². The van der Waals surface area contributed by atoms with Gasteiger partial charge >= 0.3 is 0 Å². The van der Waals surface area contributed by atoms with Crippen molar-refractivity contribution in [2.75, 3.05) is 41.6 Å². The fraction of sp³-hybridized carbons (Fsp3) is 0.364. The van der Waals surface area contributed by atoms with Crippen LogP contribution in [-0.4, -0.2) is 77.5 Å². The van der Waals surface area contributed by atoms with Gasteiger partial charge in [-0.1, -0.05) is 12.1 Å². The summed E-state index contributed by atoms with van der Waals surface area (Å²) in [4.78, 5) is 16.5. The van der Waals surface area contributed by atoms with Gasteiger partial charge in [-0.25, -0.2) is 0 Å². The molecular formula is C22H24N6O4. The number of rotatable bonds is 4. The Morgan fingerprint density at radius 1 is 1.25 bits per heavy atom. The molecule has 1 atom stereocenters. The Kier molecular flexibility index (Phi) is 4.93. The Labute approximate surface area is 185 Å². The van der Waals surface area contributed by atoms with Crippen LogP contribution in [-0.2, 0) is 6.42 Å². The molecule has 0 bridgehead atoms. The van der Waals surface area contributed by atoms with E-state index >= 15 is 0 Å². The molecule has 0 saturated heterocycles. The SMILES string of the molecule is COc1c2c(cc3c1[C@H](c1nnnn1-c1ccccc1C(=O)N(C)C)N(C)CC3)OCO2. The number of carbonyl (C=O) groups excluding carboxylic acids is 1. The average molecular weight is 436 g/mol. The number of carbonyl (C=O) groups is 1. The Balaban J connectivity index is 1.70. The molecule has 166 valence electrons. The number of para-hydroxylation sites is 1. The first-order chi connectivity index (χ1) is 15.5. The number of likely N-dealkylation sites (N-methyl/N-ethyl adjacent to an activating group) is 1. The monoisotopic (exact) mass is 436 g/mol. The van der Waals surface area contributed by atoms with Crippen molar-refractivity contribution < 1.29 is 19.0 Å². The zero-order valence-electron chi connectivity index (χ0n) is 18.4. The van der Waals surface area contributed by atoms with Crippen molar-refractivity contribution in [3.05, 3.63) is 52.8 Å². The number of benzene rings is 2. The highest BCUT2D eigenvalue weighted by Gasteiger charge is 2.38. The molecular weight excluding hydrogens is 412 g/mol. The lowest BCUT2D eigenvalue weighted by Gasteiger charge is -2.35. The molecule has 32 heavy (non-hydrogen) atoms. The van der Waals surface area contributed by atoms with Crippen LogP contribution in [0, 0.1) is 0 Å². The second kappa shape index (κ2) is 7.79. The van der Waals surface area contributed by atoms with Gasteiger partial charge in [-0.2, -0.15) is 4.68 Å². The predicted molar refractivity (Wildman–Crippen MR) is 114 cm³/mol. The minimum absolute atomic E-state index is 0.125. The molecule has 0 radical (unpaired) electrons. The molecule has 3 heterocycles. The first-order valence-electron chi connectivity index (χ1n) is 10.3. The van der Waals surface area contributed by atoms with E-state index in [0.29, 0.717) is 34.3 Å². The molecule has 0 saturated carbocycles. The van der Waals surface area contributed by atoms with Gasteiger partial charge < -0.3 is 19.1 Å². The van der Waals surface area contributed by atoms with Crippen LogP contribution in [0.25, 0.3) is 5.69 Å². The number of nitrogens with zero attached hydrogens (tertiary/aromatic N) is 6. The molecule has 1 aromatic heterocycles. The van der Waals surface area contributed by atoms with Gasteiger partial charge in [-0.3, -0.25) is 9.69 Å². The van der Waals surface area contributed by atoms with Crippen molar-refractivity contribution in [2.24, 2.45) is 0 Å². The van der Waals surface area contributed by atoms with Crippen molar-refractivity contribution in [2.45, 2.75) is 12.5 Å². The Morgan fingerprint density at radius 2 is 2.06 bits per heavy atom. The van der Waals surface area contributed by atoms with E-state index in [9.17, 15) is 4.79 Å². The summed E-state index contributed by atoms with van der Waals surface area (Å²) in [7, 11) is 7.08. The Bertz CT molecular complexity index is 1190. The quantitative estimate of drug-likeness (QED) is 0.610. The molecule has 2 aromatic carbocycles. The second-order valence-corrected chi connectivity index (χ2v) is 8.02. The summed E-state index contributed by atoms with van der Waals surface area (Å²) in [5.74, 6) is 2.36. The number of ether oxygens (including phenoxy) is 3. The maximum absolute atomic E-state index is 12.8. The van der Waals surface area contributed by atoms with Crippen molar-refractivity contribution in [1.29, 1.82) is 0 Å². The van der Waals surface area contributed by atoms with Crippen LogP contribution in [0.4, 0.5) is 0 Å². The van der Waals surface area contributed by atoms with Gasteiger partial charge in [0.05, 0.1) is 18.4 Å². The summed E-state index contributed by atoms with van der Waals surface area (Å²) in [6.07, 6.45) is 0.826. The van der Waals surface area contributed by atoms with E-state index in [-0.39, 0.29) is 18.7 Å². The standard InChI is InChI=1S/C22H24N6O4/c1-26(2)22(29)14-7-5-6-8-15(14)28-21(23-24-25-28)18-17-13(9-10-27(18)3)11-16-19(20(17)30-4)32-12-31-16/h5-8,11,18H,9-10,12H2,1-4H3/t18-/m1/s1. The van der Waals surface area contributed by atoms with E-state index in [0.717, 1.165) is 24.1 Å². The second-order valence-electron chi connectivity index (χ2n) is 8.02. The predicted octanol–water partition coefficient (Wildman–Crippen LogP) is 1.68. The summed E-state index contributed by atoms with van der Waals surface area (Å²) in [5, 5.41) is 12.6. The average Bonchev–Trinajstić information content (AvgIpc) is 3.46. The third-order valence-corrected chi connectivity index (χ3v) is 5.90. The Morgan fingerprint density at radius 3 is 2.84 bits per heavy atom. The van der Waals surface area contributed by atoms with Gasteiger partial charge in [-0.15, -0.1) is 5.10 Å². The fourth-order valence-corrected chi connectivity index (χ4v) is 4.38. The van der Waals surface area contributed by atoms with Crippen LogP contribution in [0.2, 0.25) is 0 Å². The largest absolute Gasteiger partial charge is 0.492 e. The highest BCUT2D eigenvalue weighted by Crippen LogP contribution is 2.50. The smallest absolute Gasteiger partial charge is 0.255 e. The van der Waals surface area contributed by atoms with Crippen LogP contribution >= 0.6 is 0 Å². The highest BCUT2D eigenvalue weighted by molar-refractivity contribution is 5.97. The normalized spacial score (nSPS) is 17.2. The lowest BCUT2D eigenvalue weighted by Crippen LogP contribution is -2.35. The third-order valence-electron chi connectivity index (χ3n) is 5.90. The summed E-state index contributed by atoms with van der Waals surface area (Å²) in [6.45, 7) is 0.957. The molecule has 2 aliphatic rings. The topological polar surface area (TPSA) is 94.8 Å². The van der Waals surface area contributed by atoms with E-state index in [4.69, 9.17) is 14.2 Å². The van der Waals surface area contributed by atoms with E-state index in [2.05, 4.69) is 20.4 Å². The first-order valence-corrected chi connectivity index (χ1v) is 10.3. The zero-order valence-corrected chi connectivity index (χ0v) is 18.4. The molecule has 0 spiro atoms. The molecule has 10 heteroatoms. The maximum Gasteiger partial charge on any atom is 0.255 e. The zero-order chi connectivity index (χ0) is 22.4. The Hall–Kier alpha value is -3.66. The lowest BCUT2D eigenvalue weighted by atomic mass is 9.90. The summed E-state index contributed by atoms with van der Waals surface area (Å²) in [6, 6.07) is 9.02. The lowest BCUT2D eigenvalue weighted by molar-refractivity contribution is 0.0827. The number of hydrogen-bond donors (Lipinski definition) is 0. The van der Waals surface area contributed by atoms with Gasteiger partial charge in [-0.05, 0) is 47.7 Å². The van der Waals surface area contributed by atoms with Crippen LogP contribution in [0.5, 0.6) is 17.2 Å². The van der Waals surface area contributed by atoms with Crippen molar-refractivity contribution in [3.63, 3.8) is 0 Å². The number of aromatic nitrogens is 4. The van der Waals surface area contributed by atoms with Crippen LogP contribution in [0.3, 0.4) is 0 Å². The highest BCUT2D eigenvalue weighted by atomic mass is 16.7. The van der Waals surface area contributed by atoms with Crippen LogP contribution in [0.15, 0.2) is 30.3 Å². The van der Waals surface area contributed by atoms with E-state index in [1.807, 2.05) is 31.3 Å². The van der Waals surface area contributed by atoms with E-state index < -0.39 is 0 Å². The molecule has 0 aliphatic carbocycles. The molecule has 0 unspecified atom stereocenters. The first kappa shape index (κ1) is 20.3. The molecule has 10 nitrogen and oxygen atoms in total. The molecule has 0 fully saturated rings. The number of amides is 1. The third kappa shape index (κ3) is 3.06. The van der Waals surface area contributed by atoms with E-state index in [1.165, 1.54) is 4.90 Å². The van der Waals surface area contributed by atoms with Crippen LogP contribution in [0.1, 0.15) is 33.4 Å². The van der Waals surface area contributed by atoms with Gasteiger partial charge in [0.2, 0.25) is 12.5 Å². The minimum Gasteiger partial charge on any atom is -0.492 e. The van der Waals surface area contributed by atoms with E-state index in [1.54, 1.807) is 32.0 Å². The minimum atomic E-state index is -0.305. The van der Waals surface area contributed by atoms with Gasteiger partial charge in [0, 0.05) is 26.2 Å². The molecule has 3 aromatic rings. The van der Waals surface area contributed by atoms with Crippen LogP contribution < -0.4 is 14.2 Å². The van der Waals surface area contributed by atoms with Gasteiger partial charge in [0.15, 0.2) is 17.3 Å².